The van der Waals surface area contributed by atoms with Crippen molar-refractivity contribution in [3.8, 4) is 11.5 Å². The summed E-state index contributed by atoms with van der Waals surface area (Å²) >= 11 is 0. The molecule has 1 fully saturated rings. The van der Waals surface area contributed by atoms with Gasteiger partial charge in [0.2, 0.25) is 0 Å². The molecule has 3 rings (SSSR count). The molecule has 1 aliphatic rings. The van der Waals surface area contributed by atoms with Crippen molar-refractivity contribution in [2.75, 3.05) is 0 Å². The van der Waals surface area contributed by atoms with Crippen molar-refractivity contribution in [3.05, 3.63) is 34.1 Å². The Kier molecular flexibility index (Phi) is 2.77. The smallest absolute Gasteiger partial charge is 0.254 e. The van der Waals surface area contributed by atoms with E-state index >= 15 is 0 Å². The maximum atomic E-state index is 12.2. The molecule has 0 radical (unpaired) electrons. The Labute approximate surface area is 111 Å². The van der Waals surface area contributed by atoms with E-state index in [0.29, 0.717) is 11.9 Å². The second-order valence-electron chi connectivity index (χ2n) is 5.49. The van der Waals surface area contributed by atoms with Crippen LogP contribution < -0.4 is 5.56 Å². The first-order valence-electron chi connectivity index (χ1n) is 6.71. The lowest BCUT2D eigenvalue weighted by molar-refractivity contribution is 0.739. The maximum absolute atomic E-state index is 12.2. The highest BCUT2D eigenvalue weighted by Gasteiger charge is 2.26. The molecular formula is C14H18N4O. The van der Waals surface area contributed by atoms with Gasteiger partial charge in [0.1, 0.15) is 5.69 Å². The molecule has 19 heavy (non-hydrogen) atoms. The molecule has 2 heterocycles. The molecule has 100 valence electrons. The largest absolute Gasteiger partial charge is 0.325 e. The second-order valence-corrected chi connectivity index (χ2v) is 5.49. The Hall–Kier alpha value is -1.91. The summed E-state index contributed by atoms with van der Waals surface area (Å²) in [4.78, 5) is 23.8. The zero-order valence-electron chi connectivity index (χ0n) is 11.5. The number of nitrogens with zero attached hydrogens (tertiary/aromatic N) is 3. The van der Waals surface area contributed by atoms with E-state index in [1.54, 1.807) is 6.20 Å². The summed E-state index contributed by atoms with van der Waals surface area (Å²) < 4.78 is 2.10. The number of hydrogen-bond donors (Lipinski definition) is 1. The van der Waals surface area contributed by atoms with E-state index in [9.17, 15) is 4.79 Å². The second kappa shape index (κ2) is 4.33. The predicted molar refractivity (Wildman–Crippen MR) is 73.2 cm³/mol. The van der Waals surface area contributed by atoms with Gasteiger partial charge in [-0.15, -0.1) is 0 Å². The molecule has 0 unspecified atom stereocenters. The van der Waals surface area contributed by atoms with Gasteiger partial charge in [-0.1, -0.05) is 13.8 Å². The topological polar surface area (TPSA) is 63.6 Å². The molecule has 1 N–H and O–H groups in total. The van der Waals surface area contributed by atoms with Gasteiger partial charge in [-0.3, -0.25) is 4.79 Å². The Bertz CT molecular complexity index is 664. The molecular weight excluding hydrogens is 240 g/mol. The van der Waals surface area contributed by atoms with E-state index in [4.69, 9.17) is 0 Å². The van der Waals surface area contributed by atoms with Gasteiger partial charge < -0.3 is 9.55 Å². The Morgan fingerprint density at radius 3 is 2.74 bits per heavy atom. The minimum absolute atomic E-state index is 0.0407. The average molecular weight is 258 g/mol. The van der Waals surface area contributed by atoms with Gasteiger partial charge in [0.05, 0.1) is 12.5 Å². The monoisotopic (exact) mass is 258 g/mol. The Balaban J connectivity index is 2.11. The Morgan fingerprint density at radius 2 is 2.16 bits per heavy atom. The number of rotatable bonds is 3. The molecule has 0 bridgehead atoms. The normalized spacial score (nSPS) is 15.2. The van der Waals surface area contributed by atoms with Crippen LogP contribution in [0.3, 0.4) is 0 Å². The summed E-state index contributed by atoms with van der Waals surface area (Å²) in [6.45, 7) is 5.91. The van der Waals surface area contributed by atoms with Gasteiger partial charge in [0.15, 0.2) is 5.82 Å². The zero-order chi connectivity index (χ0) is 13.6. The SMILES string of the molecule is Cc1nc(-c2cncn2C2CC2)[nH]c(=O)c1C(C)C. The quantitative estimate of drug-likeness (QED) is 0.919. The molecule has 0 aromatic carbocycles. The summed E-state index contributed by atoms with van der Waals surface area (Å²) in [5.41, 5.74) is 2.43. The summed E-state index contributed by atoms with van der Waals surface area (Å²) in [6, 6.07) is 0.521. The van der Waals surface area contributed by atoms with Crippen molar-refractivity contribution in [1.29, 1.82) is 0 Å². The first kappa shape index (κ1) is 12.1. The summed E-state index contributed by atoms with van der Waals surface area (Å²) in [6.07, 6.45) is 5.94. The minimum Gasteiger partial charge on any atom is -0.325 e. The highest BCUT2D eigenvalue weighted by molar-refractivity contribution is 5.49. The molecule has 0 amide bonds. The van der Waals surface area contributed by atoms with E-state index in [-0.39, 0.29) is 11.5 Å². The van der Waals surface area contributed by atoms with Crippen LogP contribution in [0.25, 0.3) is 11.5 Å². The van der Waals surface area contributed by atoms with Gasteiger partial charge in [0.25, 0.3) is 5.56 Å². The number of aryl methyl sites for hydroxylation is 1. The van der Waals surface area contributed by atoms with Crippen LogP contribution in [0, 0.1) is 6.92 Å². The van der Waals surface area contributed by atoms with Crippen molar-refractivity contribution in [1.82, 2.24) is 19.5 Å². The fourth-order valence-corrected chi connectivity index (χ4v) is 2.53. The lowest BCUT2D eigenvalue weighted by atomic mass is 10.0. The summed E-state index contributed by atoms with van der Waals surface area (Å²) in [7, 11) is 0. The maximum Gasteiger partial charge on any atom is 0.254 e. The summed E-state index contributed by atoms with van der Waals surface area (Å²) in [5, 5.41) is 0. The van der Waals surface area contributed by atoms with Crippen molar-refractivity contribution < 1.29 is 0 Å². The van der Waals surface area contributed by atoms with Crippen LogP contribution >= 0.6 is 0 Å². The summed E-state index contributed by atoms with van der Waals surface area (Å²) in [5.74, 6) is 0.801. The lowest BCUT2D eigenvalue weighted by Crippen LogP contribution is -2.19. The molecule has 0 saturated heterocycles. The first-order chi connectivity index (χ1) is 9.08. The average Bonchev–Trinajstić information content (AvgIpc) is 3.05. The van der Waals surface area contributed by atoms with Crippen LogP contribution in [0.2, 0.25) is 0 Å². The molecule has 5 nitrogen and oxygen atoms in total. The van der Waals surface area contributed by atoms with Crippen LogP contribution in [-0.2, 0) is 0 Å². The van der Waals surface area contributed by atoms with E-state index in [1.807, 2.05) is 27.1 Å². The van der Waals surface area contributed by atoms with Gasteiger partial charge in [-0.2, -0.15) is 0 Å². The van der Waals surface area contributed by atoms with Crippen molar-refractivity contribution in [3.63, 3.8) is 0 Å². The van der Waals surface area contributed by atoms with Gasteiger partial charge in [-0.05, 0) is 25.7 Å². The number of nitrogens with one attached hydrogen (secondary N) is 1. The molecule has 0 atom stereocenters. The molecule has 1 saturated carbocycles. The standard InChI is InChI=1S/C14H18N4O/c1-8(2)12-9(3)16-13(17-14(12)19)11-6-15-7-18(11)10-4-5-10/h6-8,10H,4-5H2,1-3H3,(H,16,17,19). The third kappa shape index (κ3) is 2.09. The van der Waals surface area contributed by atoms with Crippen LogP contribution in [0.5, 0.6) is 0 Å². The van der Waals surface area contributed by atoms with Crippen LogP contribution in [0.4, 0.5) is 0 Å². The van der Waals surface area contributed by atoms with Gasteiger partial charge in [0, 0.05) is 17.3 Å². The number of aromatic nitrogens is 4. The third-order valence-corrected chi connectivity index (χ3v) is 3.57. The molecule has 2 aromatic heterocycles. The zero-order valence-corrected chi connectivity index (χ0v) is 11.5. The van der Waals surface area contributed by atoms with E-state index in [2.05, 4.69) is 19.5 Å². The van der Waals surface area contributed by atoms with E-state index < -0.39 is 0 Å². The van der Waals surface area contributed by atoms with Crippen molar-refractivity contribution in [2.45, 2.75) is 45.6 Å². The van der Waals surface area contributed by atoms with Gasteiger partial charge in [-0.25, -0.2) is 9.97 Å². The van der Waals surface area contributed by atoms with Crippen molar-refractivity contribution in [2.24, 2.45) is 0 Å². The molecule has 5 heteroatoms. The molecule has 0 spiro atoms. The lowest BCUT2D eigenvalue weighted by Gasteiger charge is -2.11. The first-order valence-corrected chi connectivity index (χ1v) is 6.71. The van der Waals surface area contributed by atoms with Crippen LogP contribution in [0.15, 0.2) is 17.3 Å². The predicted octanol–water partition coefficient (Wildman–Crippen LogP) is 2.40. The van der Waals surface area contributed by atoms with Crippen LogP contribution in [-0.4, -0.2) is 19.5 Å². The van der Waals surface area contributed by atoms with E-state index in [0.717, 1.165) is 17.0 Å². The molecule has 1 aliphatic carbocycles. The van der Waals surface area contributed by atoms with Crippen LogP contribution in [0.1, 0.15) is 49.9 Å². The number of hydrogen-bond acceptors (Lipinski definition) is 3. The fourth-order valence-electron chi connectivity index (χ4n) is 2.53. The molecule has 0 aliphatic heterocycles. The van der Waals surface area contributed by atoms with Gasteiger partial charge >= 0.3 is 0 Å². The number of aromatic amines is 1. The number of imidazole rings is 1. The highest BCUT2D eigenvalue weighted by Crippen LogP contribution is 2.37. The highest BCUT2D eigenvalue weighted by atomic mass is 16.1. The minimum atomic E-state index is -0.0407. The van der Waals surface area contributed by atoms with Crippen molar-refractivity contribution >= 4 is 0 Å². The number of H-pyrrole nitrogens is 1. The third-order valence-electron chi connectivity index (χ3n) is 3.57. The van der Waals surface area contributed by atoms with E-state index in [1.165, 1.54) is 12.8 Å². The Morgan fingerprint density at radius 1 is 1.42 bits per heavy atom. The molecule has 2 aromatic rings. The fraction of sp³-hybridized carbons (Fsp3) is 0.500.